The lowest BCUT2D eigenvalue weighted by atomic mass is 10.0. The van der Waals surface area contributed by atoms with Crippen molar-refractivity contribution in [1.29, 1.82) is 0 Å². The van der Waals surface area contributed by atoms with Gasteiger partial charge in [0.2, 0.25) is 5.91 Å². The van der Waals surface area contributed by atoms with Crippen molar-refractivity contribution in [3.63, 3.8) is 0 Å². The topological polar surface area (TPSA) is 46.1 Å². The quantitative estimate of drug-likeness (QED) is 0.409. The third-order valence-corrected chi connectivity index (χ3v) is 6.44. The van der Waals surface area contributed by atoms with E-state index in [2.05, 4.69) is 56.1 Å². The summed E-state index contributed by atoms with van der Waals surface area (Å²) in [6.07, 6.45) is 4.81. The van der Waals surface area contributed by atoms with E-state index < -0.39 is 0 Å². The van der Waals surface area contributed by atoms with Crippen molar-refractivity contribution in [3.05, 3.63) is 88.7 Å². The fourth-order valence-corrected chi connectivity index (χ4v) is 4.55. The first-order valence-corrected chi connectivity index (χ1v) is 11.0. The first-order valence-electron chi connectivity index (χ1n) is 10.2. The van der Waals surface area contributed by atoms with Gasteiger partial charge >= 0.3 is 0 Å². The number of aryl methyl sites for hydroxylation is 3. The van der Waals surface area contributed by atoms with Crippen LogP contribution in [0.2, 0.25) is 0 Å². The zero-order valence-corrected chi connectivity index (χ0v) is 18.4. The Hall–Kier alpha value is -3.05. The van der Waals surface area contributed by atoms with Crippen molar-refractivity contribution in [2.75, 3.05) is 4.90 Å². The number of amides is 1. The van der Waals surface area contributed by atoms with Crippen LogP contribution in [-0.2, 0) is 24.2 Å². The summed E-state index contributed by atoms with van der Waals surface area (Å²) < 4.78 is 1.11. The van der Waals surface area contributed by atoms with Gasteiger partial charge < -0.3 is 0 Å². The maximum atomic E-state index is 13.4. The van der Waals surface area contributed by atoms with Crippen molar-refractivity contribution in [2.45, 2.75) is 40.2 Å². The number of hydrogen-bond donors (Lipinski definition) is 0. The number of hydrogen-bond acceptors (Lipinski definition) is 4. The molecule has 0 aliphatic heterocycles. The molecule has 0 fully saturated rings. The zero-order chi connectivity index (χ0) is 21.1. The summed E-state index contributed by atoms with van der Waals surface area (Å²) in [4.78, 5) is 24.3. The fourth-order valence-electron chi connectivity index (χ4n) is 3.51. The first kappa shape index (κ1) is 20.2. The van der Waals surface area contributed by atoms with Gasteiger partial charge in [0.05, 0.1) is 23.2 Å². The monoisotopic (exact) mass is 415 g/mol. The highest BCUT2D eigenvalue weighted by Gasteiger charge is 2.21. The summed E-state index contributed by atoms with van der Waals surface area (Å²) in [6, 6.07) is 16.3. The summed E-state index contributed by atoms with van der Waals surface area (Å²) in [5.74, 6) is 0.0409. The molecule has 5 heteroatoms. The number of nitrogens with zero attached hydrogens (tertiary/aromatic N) is 3. The second-order valence-electron chi connectivity index (χ2n) is 7.55. The number of pyridine rings is 1. The molecule has 0 aliphatic rings. The Morgan fingerprint density at radius 1 is 1.03 bits per heavy atom. The highest BCUT2D eigenvalue weighted by atomic mass is 32.1. The molecule has 0 radical (unpaired) electrons. The highest BCUT2D eigenvalue weighted by molar-refractivity contribution is 7.22. The smallest absolute Gasteiger partial charge is 0.233 e. The molecule has 2 aromatic heterocycles. The summed E-state index contributed by atoms with van der Waals surface area (Å²) in [6.45, 7) is 6.75. The minimum absolute atomic E-state index is 0.0409. The SMILES string of the molecule is CCc1cccc2sc(N(Cc3cccnc3)C(=O)Cc3ccc(C)c(C)c3)nc12. The van der Waals surface area contributed by atoms with Crippen molar-refractivity contribution in [3.8, 4) is 0 Å². The highest BCUT2D eigenvalue weighted by Crippen LogP contribution is 2.32. The van der Waals surface area contributed by atoms with Gasteiger partial charge in [0.1, 0.15) is 0 Å². The molecule has 2 heterocycles. The van der Waals surface area contributed by atoms with E-state index >= 15 is 0 Å². The maximum Gasteiger partial charge on any atom is 0.233 e. The molecule has 0 spiro atoms. The van der Waals surface area contributed by atoms with Gasteiger partial charge in [0.15, 0.2) is 5.13 Å². The lowest BCUT2D eigenvalue weighted by Gasteiger charge is -2.20. The van der Waals surface area contributed by atoms with Gasteiger partial charge in [-0.3, -0.25) is 14.7 Å². The second kappa shape index (κ2) is 8.76. The van der Waals surface area contributed by atoms with Crippen LogP contribution in [0.3, 0.4) is 0 Å². The van der Waals surface area contributed by atoms with E-state index in [1.807, 2.05) is 18.2 Å². The van der Waals surface area contributed by atoms with Crippen LogP contribution in [0.1, 0.15) is 34.7 Å². The van der Waals surface area contributed by atoms with Crippen LogP contribution in [0.15, 0.2) is 60.9 Å². The third kappa shape index (κ3) is 4.26. The predicted molar refractivity (Wildman–Crippen MR) is 124 cm³/mol. The largest absolute Gasteiger partial charge is 0.283 e. The molecule has 0 N–H and O–H groups in total. The van der Waals surface area contributed by atoms with Gasteiger partial charge in [-0.1, -0.05) is 54.7 Å². The number of para-hydroxylation sites is 1. The van der Waals surface area contributed by atoms with E-state index in [1.54, 1.807) is 28.6 Å². The van der Waals surface area contributed by atoms with Crippen molar-refractivity contribution in [1.82, 2.24) is 9.97 Å². The number of aromatic nitrogens is 2. The molecule has 0 saturated carbocycles. The minimum atomic E-state index is 0.0409. The van der Waals surface area contributed by atoms with Gasteiger partial charge in [-0.05, 0) is 60.2 Å². The second-order valence-corrected chi connectivity index (χ2v) is 8.56. The molecular weight excluding hydrogens is 390 g/mol. The Balaban J connectivity index is 1.70. The number of thiazole rings is 1. The molecule has 152 valence electrons. The number of anilines is 1. The van der Waals surface area contributed by atoms with Crippen LogP contribution in [0, 0.1) is 13.8 Å². The molecular formula is C25H25N3OS. The Bertz CT molecular complexity index is 1180. The average molecular weight is 416 g/mol. The van der Waals surface area contributed by atoms with E-state index in [0.717, 1.165) is 32.9 Å². The number of rotatable bonds is 6. The molecule has 0 unspecified atom stereocenters. The molecule has 1 amide bonds. The lowest BCUT2D eigenvalue weighted by Crippen LogP contribution is -2.31. The van der Waals surface area contributed by atoms with Crippen LogP contribution in [0.25, 0.3) is 10.2 Å². The minimum Gasteiger partial charge on any atom is -0.283 e. The normalized spacial score (nSPS) is 11.0. The van der Waals surface area contributed by atoms with Crippen molar-refractivity contribution < 1.29 is 4.79 Å². The lowest BCUT2D eigenvalue weighted by molar-refractivity contribution is -0.118. The predicted octanol–water partition coefficient (Wildman–Crippen LogP) is 5.65. The molecule has 0 saturated heterocycles. The standard InChI is InChI=1S/C25H25N3OS/c1-4-21-8-5-9-22-24(21)27-25(30-22)28(16-20-7-6-12-26-15-20)23(29)14-19-11-10-17(2)18(3)13-19/h5-13,15H,4,14,16H2,1-3H3. The molecule has 4 nitrogen and oxygen atoms in total. The molecule has 0 bridgehead atoms. The summed E-state index contributed by atoms with van der Waals surface area (Å²) >= 11 is 1.57. The molecule has 4 aromatic rings. The van der Waals surface area contributed by atoms with Crippen LogP contribution in [0.4, 0.5) is 5.13 Å². The van der Waals surface area contributed by atoms with Crippen molar-refractivity contribution >= 4 is 32.6 Å². The van der Waals surface area contributed by atoms with Crippen LogP contribution in [-0.4, -0.2) is 15.9 Å². The van der Waals surface area contributed by atoms with Gasteiger partial charge in [-0.25, -0.2) is 4.98 Å². The first-order chi connectivity index (χ1) is 14.5. The maximum absolute atomic E-state index is 13.4. The van der Waals surface area contributed by atoms with E-state index in [9.17, 15) is 4.79 Å². The number of carbonyl (C=O) groups is 1. The number of carbonyl (C=O) groups excluding carboxylic acids is 1. The van der Waals surface area contributed by atoms with E-state index in [0.29, 0.717) is 13.0 Å². The van der Waals surface area contributed by atoms with Gasteiger partial charge in [0, 0.05) is 12.4 Å². The van der Waals surface area contributed by atoms with Crippen LogP contribution >= 0.6 is 11.3 Å². The van der Waals surface area contributed by atoms with Crippen molar-refractivity contribution in [2.24, 2.45) is 0 Å². The van der Waals surface area contributed by atoms with Gasteiger partial charge in [-0.2, -0.15) is 0 Å². The van der Waals surface area contributed by atoms with E-state index in [1.165, 1.54) is 16.7 Å². The Labute approximate surface area is 181 Å². The Morgan fingerprint density at radius 3 is 2.63 bits per heavy atom. The van der Waals surface area contributed by atoms with Gasteiger partial charge in [0.25, 0.3) is 0 Å². The Kier molecular flexibility index (Phi) is 5.91. The molecule has 2 aromatic carbocycles. The van der Waals surface area contributed by atoms with E-state index in [4.69, 9.17) is 4.98 Å². The third-order valence-electron chi connectivity index (χ3n) is 5.39. The van der Waals surface area contributed by atoms with E-state index in [-0.39, 0.29) is 5.91 Å². The molecule has 0 aliphatic carbocycles. The Morgan fingerprint density at radius 2 is 1.90 bits per heavy atom. The van der Waals surface area contributed by atoms with Crippen LogP contribution < -0.4 is 4.90 Å². The molecule has 30 heavy (non-hydrogen) atoms. The zero-order valence-electron chi connectivity index (χ0n) is 17.6. The fraction of sp³-hybridized carbons (Fsp3) is 0.240. The summed E-state index contributed by atoms with van der Waals surface area (Å²) in [5.41, 5.74) is 6.65. The average Bonchev–Trinajstić information content (AvgIpc) is 3.19. The number of fused-ring (bicyclic) bond motifs is 1. The molecule has 0 atom stereocenters. The summed E-state index contributed by atoms with van der Waals surface area (Å²) in [7, 11) is 0. The number of benzene rings is 2. The van der Waals surface area contributed by atoms with Crippen LogP contribution in [0.5, 0.6) is 0 Å². The summed E-state index contributed by atoms with van der Waals surface area (Å²) in [5, 5.41) is 0.739. The molecule has 4 rings (SSSR count). The van der Waals surface area contributed by atoms with Gasteiger partial charge in [-0.15, -0.1) is 0 Å².